The third-order valence-corrected chi connectivity index (χ3v) is 2.40. The fourth-order valence-corrected chi connectivity index (χ4v) is 1.51. The molecule has 0 saturated heterocycles. The van der Waals surface area contributed by atoms with Crippen molar-refractivity contribution in [3.05, 3.63) is 65.0 Å². The summed E-state index contributed by atoms with van der Waals surface area (Å²) >= 11 is 0. The Labute approximate surface area is 99.5 Å². The molecule has 0 fully saturated rings. The number of aliphatic hydroxyl groups excluding tert-OH is 1. The van der Waals surface area contributed by atoms with E-state index >= 15 is 0 Å². The first kappa shape index (κ1) is 12.5. The van der Waals surface area contributed by atoms with Crippen molar-refractivity contribution in [3.8, 4) is 0 Å². The van der Waals surface area contributed by atoms with Gasteiger partial charge in [-0.2, -0.15) is 0 Å². The lowest BCUT2D eigenvalue weighted by Gasteiger charge is -2.12. The summed E-state index contributed by atoms with van der Waals surface area (Å²) in [5, 5.41) is 9.78. The second-order valence-corrected chi connectivity index (χ2v) is 3.60. The lowest BCUT2D eigenvalue weighted by Crippen LogP contribution is -2.06. The number of nitrogens with zero attached hydrogens (tertiary/aromatic N) is 1. The molecule has 0 saturated carbocycles. The van der Waals surface area contributed by atoms with Gasteiger partial charge in [0.05, 0.1) is 6.20 Å². The molecule has 0 aliphatic heterocycles. The molecule has 1 N–H and O–H groups in total. The van der Waals surface area contributed by atoms with E-state index in [1.165, 1.54) is 0 Å². The number of hydrogen-bond donors (Lipinski definition) is 1. The Morgan fingerprint density at radius 1 is 1.00 bits per heavy atom. The van der Waals surface area contributed by atoms with E-state index in [1.54, 1.807) is 0 Å². The van der Waals surface area contributed by atoms with Crippen molar-refractivity contribution in [2.45, 2.75) is 6.10 Å². The van der Waals surface area contributed by atoms with Crippen LogP contribution in [0.1, 0.15) is 17.2 Å². The molecule has 1 atom stereocenters. The molecule has 1 heterocycles. The lowest BCUT2D eigenvalue weighted by atomic mass is 10.0. The number of aromatic nitrogens is 1. The summed E-state index contributed by atoms with van der Waals surface area (Å²) in [4.78, 5) is 3.48. The van der Waals surface area contributed by atoms with Crippen LogP contribution in [0.25, 0.3) is 0 Å². The third-order valence-electron chi connectivity index (χ3n) is 2.40. The van der Waals surface area contributed by atoms with Crippen molar-refractivity contribution in [2.75, 3.05) is 0 Å². The molecule has 0 radical (unpaired) electrons. The first-order valence-electron chi connectivity index (χ1n) is 4.92. The van der Waals surface area contributed by atoms with Gasteiger partial charge in [0.15, 0.2) is 17.5 Å². The molecule has 6 heteroatoms. The first-order chi connectivity index (χ1) is 8.50. The van der Waals surface area contributed by atoms with E-state index < -0.39 is 34.9 Å². The normalized spacial score (nSPS) is 12.5. The zero-order valence-electron chi connectivity index (χ0n) is 8.87. The molecule has 0 amide bonds. The molecule has 0 spiro atoms. The summed E-state index contributed by atoms with van der Waals surface area (Å²) in [6.07, 6.45) is 0.384. The summed E-state index contributed by atoms with van der Waals surface area (Å²) in [5.74, 6) is -5.28. The molecule has 0 bridgehead atoms. The number of benzene rings is 1. The number of rotatable bonds is 2. The number of halogens is 4. The van der Waals surface area contributed by atoms with Crippen molar-refractivity contribution in [1.82, 2.24) is 4.98 Å². The standard InChI is InChI=1S/C12H7F4NO/c13-7-3-6(4-17-5-7)12(18)8-1-2-9(14)11(16)10(8)15/h1-5,12,18H. The van der Waals surface area contributed by atoms with E-state index in [0.717, 1.165) is 24.5 Å². The van der Waals surface area contributed by atoms with Crippen LogP contribution in [-0.4, -0.2) is 10.1 Å². The van der Waals surface area contributed by atoms with Gasteiger partial charge in [-0.15, -0.1) is 0 Å². The summed E-state index contributed by atoms with van der Waals surface area (Å²) in [5.41, 5.74) is -0.541. The van der Waals surface area contributed by atoms with Gasteiger partial charge in [-0.05, 0) is 12.1 Å². The molecule has 1 aromatic carbocycles. The summed E-state index contributed by atoms with van der Waals surface area (Å²) < 4.78 is 52.0. The quantitative estimate of drug-likeness (QED) is 0.662. The van der Waals surface area contributed by atoms with Crippen molar-refractivity contribution in [2.24, 2.45) is 0 Å². The predicted molar refractivity (Wildman–Crippen MR) is 54.6 cm³/mol. The monoisotopic (exact) mass is 257 g/mol. The predicted octanol–water partition coefficient (Wildman–Crippen LogP) is 2.72. The van der Waals surface area contributed by atoms with Crippen LogP contribution in [0.3, 0.4) is 0 Å². The Morgan fingerprint density at radius 3 is 2.39 bits per heavy atom. The van der Waals surface area contributed by atoms with Crippen molar-refractivity contribution in [3.63, 3.8) is 0 Å². The van der Waals surface area contributed by atoms with Crippen LogP contribution in [0.2, 0.25) is 0 Å². The largest absolute Gasteiger partial charge is 0.383 e. The van der Waals surface area contributed by atoms with Crippen LogP contribution >= 0.6 is 0 Å². The van der Waals surface area contributed by atoms with Crippen LogP contribution < -0.4 is 0 Å². The second kappa shape index (κ2) is 4.73. The fourth-order valence-electron chi connectivity index (χ4n) is 1.51. The van der Waals surface area contributed by atoms with Crippen LogP contribution in [0.4, 0.5) is 17.6 Å². The topological polar surface area (TPSA) is 33.1 Å². The Hall–Kier alpha value is -1.95. The second-order valence-electron chi connectivity index (χ2n) is 3.60. The lowest BCUT2D eigenvalue weighted by molar-refractivity contribution is 0.211. The number of aliphatic hydroxyl groups is 1. The minimum absolute atomic E-state index is 0.0556. The third kappa shape index (κ3) is 2.19. The van der Waals surface area contributed by atoms with Crippen LogP contribution in [0.15, 0.2) is 30.6 Å². The van der Waals surface area contributed by atoms with E-state index in [0.29, 0.717) is 6.07 Å². The molecular formula is C12H7F4NO. The maximum absolute atomic E-state index is 13.4. The minimum Gasteiger partial charge on any atom is -0.383 e. The molecule has 2 aromatic rings. The zero-order valence-corrected chi connectivity index (χ0v) is 8.87. The van der Waals surface area contributed by atoms with Crippen LogP contribution in [0.5, 0.6) is 0 Å². The van der Waals surface area contributed by atoms with Gasteiger partial charge in [0.25, 0.3) is 0 Å². The Bertz CT molecular complexity index is 588. The highest BCUT2D eigenvalue weighted by Gasteiger charge is 2.20. The molecule has 2 rings (SSSR count). The average Bonchev–Trinajstić information content (AvgIpc) is 2.35. The molecule has 1 unspecified atom stereocenters. The summed E-state index contributed by atoms with van der Waals surface area (Å²) in [6, 6.07) is 2.51. The van der Waals surface area contributed by atoms with Gasteiger partial charge in [-0.3, -0.25) is 4.98 Å². The minimum atomic E-state index is -1.68. The maximum Gasteiger partial charge on any atom is 0.194 e. The zero-order chi connectivity index (χ0) is 13.3. The van der Waals surface area contributed by atoms with E-state index in [9.17, 15) is 22.7 Å². The SMILES string of the molecule is OC(c1cncc(F)c1)c1ccc(F)c(F)c1F. The highest BCUT2D eigenvalue weighted by atomic mass is 19.2. The van der Waals surface area contributed by atoms with Gasteiger partial charge in [-0.25, -0.2) is 17.6 Å². The first-order valence-corrected chi connectivity index (χ1v) is 4.92. The maximum atomic E-state index is 13.4. The number of hydrogen-bond acceptors (Lipinski definition) is 2. The molecule has 1 aromatic heterocycles. The van der Waals surface area contributed by atoms with Crippen molar-refractivity contribution >= 4 is 0 Å². The van der Waals surface area contributed by atoms with E-state index in [1.807, 2.05) is 0 Å². The van der Waals surface area contributed by atoms with Gasteiger partial charge in [0.1, 0.15) is 11.9 Å². The van der Waals surface area contributed by atoms with Gasteiger partial charge in [0.2, 0.25) is 0 Å². The van der Waals surface area contributed by atoms with E-state index in [-0.39, 0.29) is 5.56 Å². The van der Waals surface area contributed by atoms with Crippen LogP contribution in [0, 0.1) is 23.3 Å². The summed E-state index contributed by atoms with van der Waals surface area (Å²) in [7, 11) is 0. The fraction of sp³-hybridized carbons (Fsp3) is 0.0833. The van der Waals surface area contributed by atoms with Crippen molar-refractivity contribution in [1.29, 1.82) is 0 Å². The smallest absolute Gasteiger partial charge is 0.194 e. The summed E-state index contributed by atoms with van der Waals surface area (Å²) in [6.45, 7) is 0. The highest BCUT2D eigenvalue weighted by Crippen LogP contribution is 2.26. The van der Waals surface area contributed by atoms with Gasteiger partial charge in [0, 0.05) is 17.3 Å². The van der Waals surface area contributed by atoms with Gasteiger partial charge < -0.3 is 5.11 Å². The molecule has 18 heavy (non-hydrogen) atoms. The number of pyridine rings is 1. The van der Waals surface area contributed by atoms with Gasteiger partial charge >= 0.3 is 0 Å². The van der Waals surface area contributed by atoms with E-state index in [4.69, 9.17) is 0 Å². The Balaban J connectivity index is 2.46. The molecular weight excluding hydrogens is 250 g/mol. The van der Waals surface area contributed by atoms with Crippen LogP contribution in [-0.2, 0) is 0 Å². The van der Waals surface area contributed by atoms with Crippen molar-refractivity contribution < 1.29 is 22.7 Å². The average molecular weight is 257 g/mol. The Kier molecular flexibility index (Phi) is 3.29. The molecule has 94 valence electrons. The Morgan fingerprint density at radius 2 is 1.72 bits per heavy atom. The highest BCUT2D eigenvalue weighted by molar-refractivity contribution is 5.30. The van der Waals surface area contributed by atoms with E-state index in [2.05, 4.69) is 4.98 Å². The van der Waals surface area contributed by atoms with Gasteiger partial charge in [-0.1, -0.05) is 6.07 Å². The molecule has 0 aliphatic rings. The molecule has 2 nitrogen and oxygen atoms in total. The molecule has 0 aliphatic carbocycles.